The van der Waals surface area contributed by atoms with Crippen LogP contribution in [-0.2, 0) is 7.05 Å². The third-order valence-corrected chi connectivity index (χ3v) is 3.44. The summed E-state index contributed by atoms with van der Waals surface area (Å²) in [6.45, 7) is 1.56. The minimum Gasteiger partial charge on any atom is -0.398 e. The molecule has 0 spiro atoms. The number of halogens is 2. The number of hydrogen-bond acceptors (Lipinski definition) is 3. The number of rotatable bonds is 1. The van der Waals surface area contributed by atoms with E-state index in [1.807, 2.05) is 24.3 Å². The number of benzene rings is 1. The number of pyridine rings is 1. The number of primary amides is 1. The Morgan fingerprint density at radius 1 is 1.38 bits per heavy atom. The van der Waals surface area contributed by atoms with Crippen LogP contribution in [-0.4, -0.2) is 10.5 Å². The van der Waals surface area contributed by atoms with Crippen molar-refractivity contribution >= 4 is 39.1 Å². The minimum absolute atomic E-state index is 0.163. The first-order chi connectivity index (χ1) is 9.73. The Balaban J connectivity index is 0.000000235. The molecular formula is C14H15BrClN3O2. The molecule has 4 N–H and O–H groups in total. The highest BCUT2D eigenvalue weighted by Crippen LogP contribution is 2.14. The van der Waals surface area contributed by atoms with Gasteiger partial charge in [-0.2, -0.15) is 0 Å². The molecule has 0 atom stereocenters. The van der Waals surface area contributed by atoms with Gasteiger partial charge in [-0.05, 0) is 25.1 Å². The van der Waals surface area contributed by atoms with Crippen LogP contribution in [0.25, 0.3) is 0 Å². The first-order valence-electron chi connectivity index (χ1n) is 5.90. The summed E-state index contributed by atoms with van der Waals surface area (Å²) in [6.07, 6.45) is 1.34. The zero-order chi connectivity index (χ0) is 16.2. The third kappa shape index (κ3) is 4.61. The summed E-state index contributed by atoms with van der Waals surface area (Å²) in [4.78, 5) is 22.2. The van der Waals surface area contributed by atoms with Gasteiger partial charge in [0.25, 0.3) is 11.5 Å². The van der Waals surface area contributed by atoms with Gasteiger partial charge in [-0.3, -0.25) is 9.59 Å². The lowest BCUT2D eigenvalue weighted by Crippen LogP contribution is -2.25. The number of nitrogens with zero attached hydrogens (tertiary/aromatic N) is 1. The van der Waals surface area contributed by atoms with Gasteiger partial charge in [0.15, 0.2) is 0 Å². The van der Waals surface area contributed by atoms with Crippen LogP contribution in [0.4, 0.5) is 5.69 Å². The van der Waals surface area contributed by atoms with Crippen LogP contribution in [0.2, 0.25) is 5.02 Å². The fourth-order valence-electron chi connectivity index (χ4n) is 1.56. The minimum atomic E-state index is -0.629. The number of amides is 1. The number of carbonyl (C=O) groups is 1. The molecule has 21 heavy (non-hydrogen) atoms. The molecule has 112 valence electrons. The molecule has 2 rings (SSSR count). The number of nitrogen functional groups attached to an aromatic ring is 1. The number of anilines is 1. The van der Waals surface area contributed by atoms with Crippen molar-refractivity contribution in [3.63, 3.8) is 0 Å². The molecule has 0 unspecified atom stereocenters. The van der Waals surface area contributed by atoms with Gasteiger partial charge >= 0.3 is 0 Å². The molecule has 0 aliphatic rings. The molecule has 0 aliphatic heterocycles. The van der Waals surface area contributed by atoms with Crippen LogP contribution >= 0.6 is 27.5 Å². The van der Waals surface area contributed by atoms with Crippen LogP contribution in [0, 0.1) is 6.92 Å². The fraction of sp³-hybridized carbons (Fsp3) is 0.143. The molecule has 0 saturated heterocycles. The van der Waals surface area contributed by atoms with Crippen molar-refractivity contribution in [2.75, 3.05) is 5.73 Å². The largest absolute Gasteiger partial charge is 0.398 e. The summed E-state index contributed by atoms with van der Waals surface area (Å²) in [5.74, 6) is -0.629. The Labute approximate surface area is 135 Å². The molecular weight excluding hydrogens is 358 g/mol. The molecule has 0 radical (unpaired) electrons. The maximum atomic E-state index is 11.3. The lowest BCUT2D eigenvalue weighted by atomic mass is 10.1. The second-order valence-electron chi connectivity index (χ2n) is 4.30. The highest BCUT2D eigenvalue weighted by Gasteiger charge is 2.11. The monoisotopic (exact) mass is 371 g/mol. The van der Waals surface area contributed by atoms with Crippen LogP contribution in [0.5, 0.6) is 0 Å². The summed E-state index contributed by atoms with van der Waals surface area (Å²) in [5, 5.41) is 0.763. The van der Waals surface area contributed by atoms with Crippen molar-refractivity contribution in [2.24, 2.45) is 12.8 Å². The van der Waals surface area contributed by atoms with Gasteiger partial charge in [-0.15, -0.1) is 0 Å². The summed E-state index contributed by atoms with van der Waals surface area (Å²) in [7, 11) is 1.54. The van der Waals surface area contributed by atoms with Gasteiger partial charge in [0, 0.05) is 28.3 Å². The highest BCUT2D eigenvalue weighted by molar-refractivity contribution is 9.10. The van der Waals surface area contributed by atoms with Crippen LogP contribution in [0.3, 0.4) is 0 Å². The average Bonchev–Trinajstić information content (AvgIpc) is 2.40. The van der Waals surface area contributed by atoms with E-state index in [1.165, 1.54) is 10.8 Å². The standard InChI is InChI=1S/C8H11N3O2.C6H4BrCl/c1-4-6(9)5(7(10)12)3-11(2)8(4)13;7-5-2-1-3-6(8)4-5/h3H,9H2,1-2H3,(H2,10,12);1-4H. The number of aromatic nitrogens is 1. The van der Waals surface area contributed by atoms with E-state index < -0.39 is 5.91 Å². The summed E-state index contributed by atoms with van der Waals surface area (Å²) < 4.78 is 2.30. The van der Waals surface area contributed by atoms with Gasteiger partial charge in [-0.1, -0.05) is 33.6 Å². The Morgan fingerprint density at radius 2 is 2.00 bits per heavy atom. The molecule has 0 bridgehead atoms. The highest BCUT2D eigenvalue weighted by atomic mass is 79.9. The van der Waals surface area contributed by atoms with Crippen molar-refractivity contribution < 1.29 is 4.79 Å². The van der Waals surface area contributed by atoms with Gasteiger partial charge in [0.05, 0.1) is 11.3 Å². The summed E-state index contributed by atoms with van der Waals surface area (Å²) >= 11 is 8.89. The Morgan fingerprint density at radius 3 is 2.43 bits per heavy atom. The van der Waals surface area contributed by atoms with Crippen molar-refractivity contribution in [3.8, 4) is 0 Å². The average molecular weight is 373 g/mol. The number of aryl methyl sites for hydroxylation is 1. The third-order valence-electron chi connectivity index (χ3n) is 2.71. The van der Waals surface area contributed by atoms with E-state index in [4.69, 9.17) is 23.1 Å². The quantitative estimate of drug-likeness (QED) is 0.805. The Hall–Kier alpha value is -1.79. The topological polar surface area (TPSA) is 91.1 Å². The molecule has 0 aliphatic carbocycles. The maximum absolute atomic E-state index is 11.3. The van der Waals surface area contributed by atoms with E-state index in [9.17, 15) is 9.59 Å². The van der Waals surface area contributed by atoms with Crippen LogP contribution in [0.1, 0.15) is 15.9 Å². The Bertz CT molecular complexity index is 711. The van der Waals surface area contributed by atoms with Crippen LogP contribution in [0.15, 0.2) is 39.7 Å². The lowest BCUT2D eigenvalue weighted by Gasteiger charge is -2.07. The van der Waals surface area contributed by atoms with E-state index in [2.05, 4.69) is 15.9 Å². The van der Waals surface area contributed by atoms with Crippen LogP contribution < -0.4 is 17.0 Å². The van der Waals surface area contributed by atoms with E-state index in [-0.39, 0.29) is 16.8 Å². The second-order valence-corrected chi connectivity index (χ2v) is 5.65. The molecule has 0 saturated carbocycles. The zero-order valence-electron chi connectivity index (χ0n) is 11.6. The van der Waals surface area contributed by atoms with Crippen molar-refractivity contribution in [3.05, 3.63) is 61.4 Å². The zero-order valence-corrected chi connectivity index (χ0v) is 13.9. The lowest BCUT2D eigenvalue weighted by molar-refractivity contribution is 0.100. The molecule has 1 amide bonds. The van der Waals surface area contributed by atoms with Crippen molar-refractivity contribution in [2.45, 2.75) is 6.92 Å². The Kier molecular flexibility index (Phi) is 5.99. The molecule has 0 fully saturated rings. The molecule has 1 heterocycles. The van der Waals surface area contributed by atoms with Crippen molar-refractivity contribution in [1.29, 1.82) is 0 Å². The normalized spacial score (nSPS) is 9.71. The van der Waals surface area contributed by atoms with Crippen molar-refractivity contribution in [1.82, 2.24) is 4.57 Å². The van der Waals surface area contributed by atoms with E-state index in [1.54, 1.807) is 14.0 Å². The van der Waals surface area contributed by atoms with Gasteiger partial charge in [-0.25, -0.2) is 0 Å². The molecule has 1 aromatic carbocycles. The van der Waals surface area contributed by atoms with Gasteiger partial charge in [0.1, 0.15) is 0 Å². The second kappa shape index (κ2) is 7.28. The molecule has 2 aromatic rings. The number of hydrogen-bond donors (Lipinski definition) is 2. The SMILES string of the molecule is Cc1c(N)c(C(N)=O)cn(C)c1=O.Clc1cccc(Br)c1. The van der Waals surface area contributed by atoms with E-state index in [0.717, 1.165) is 9.50 Å². The summed E-state index contributed by atoms with van der Waals surface area (Å²) in [6, 6.07) is 7.52. The maximum Gasteiger partial charge on any atom is 0.255 e. The fourth-order valence-corrected chi connectivity index (χ4v) is 2.28. The predicted octanol–water partition coefficient (Wildman–Crippen LogP) is 2.48. The van der Waals surface area contributed by atoms with E-state index in [0.29, 0.717) is 5.56 Å². The number of nitrogens with two attached hydrogens (primary N) is 2. The predicted molar refractivity (Wildman–Crippen MR) is 88.5 cm³/mol. The molecule has 1 aromatic heterocycles. The molecule has 5 nitrogen and oxygen atoms in total. The van der Waals surface area contributed by atoms with Gasteiger partial charge < -0.3 is 16.0 Å². The van der Waals surface area contributed by atoms with E-state index >= 15 is 0 Å². The number of carbonyl (C=O) groups excluding carboxylic acids is 1. The summed E-state index contributed by atoms with van der Waals surface area (Å²) in [5.41, 5.74) is 11.1. The first kappa shape index (κ1) is 17.3. The first-order valence-corrected chi connectivity index (χ1v) is 7.07. The molecule has 7 heteroatoms. The van der Waals surface area contributed by atoms with Gasteiger partial charge in [0.2, 0.25) is 0 Å². The smallest absolute Gasteiger partial charge is 0.255 e.